The van der Waals surface area contributed by atoms with E-state index >= 15 is 0 Å². The minimum absolute atomic E-state index is 0.0938. The molecule has 2 aromatic rings. The number of nitrogens with one attached hydrogen (secondary N) is 1. The zero-order valence-corrected chi connectivity index (χ0v) is 12.7. The molecule has 1 N–H and O–H groups in total. The van der Waals surface area contributed by atoms with Crippen LogP contribution in [-0.4, -0.2) is 5.76 Å². The Bertz CT molecular complexity index is 609. The van der Waals surface area contributed by atoms with Gasteiger partial charge in [-0.05, 0) is 29.8 Å². The third-order valence-corrected chi connectivity index (χ3v) is 3.68. The van der Waals surface area contributed by atoms with E-state index in [4.69, 9.17) is 4.42 Å². The second-order valence-corrected chi connectivity index (χ2v) is 5.72. The lowest BCUT2D eigenvalue weighted by molar-refractivity contribution is -0.137. The molecule has 0 fully saturated rings. The Morgan fingerprint density at radius 3 is 2.22 bits per heavy atom. The van der Waals surface area contributed by atoms with Crippen LogP contribution in [0.5, 0.6) is 0 Å². The summed E-state index contributed by atoms with van der Waals surface area (Å²) in [6, 6.07) is 8.18. The van der Waals surface area contributed by atoms with Crippen LogP contribution in [0.2, 0.25) is 0 Å². The SMILES string of the molecule is FC(F)SCc1ccc(CNCc2ccc(C(F)(F)F)cc2)o1. The quantitative estimate of drug-likeness (QED) is 0.707. The number of hydrogen-bond donors (Lipinski definition) is 1. The number of furan rings is 1. The Balaban J connectivity index is 1.79. The van der Waals surface area contributed by atoms with Crippen LogP contribution >= 0.6 is 11.8 Å². The summed E-state index contributed by atoms with van der Waals surface area (Å²) < 4.78 is 66.8. The summed E-state index contributed by atoms with van der Waals surface area (Å²) >= 11 is 0.482. The van der Waals surface area contributed by atoms with Gasteiger partial charge in [-0.15, -0.1) is 0 Å². The first-order valence-electron chi connectivity index (χ1n) is 6.69. The third-order valence-electron chi connectivity index (χ3n) is 2.98. The lowest BCUT2D eigenvalue weighted by atomic mass is 10.1. The Morgan fingerprint density at radius 2 is 1.61 bits per heavy atom. The van der Waals surface area contributed by atoms with Crippen LogP contribution in [0.3, 0.4) is 0 Å². The summed E-state index contributed by atoms with van der Waals surface area (Å²) in [4.78, 5) is 0. The van der Waals surface area contributed by atoms with Crippen LogP contribution in [0.4, 0.5) is 22.0 Å². The lowest BCUT2D eigenvalue weighted by Crippen LogP contribution is -2.12. The van der Waals surface area contributed by atoms with Crippen LogP contribution in [-0.2, 0) is 25.0 Å². The van der Waals surface area contributed by atoms with E-state index < -0.39 is 17.5 Å². The molecule has 0 atom stereocenters. The van der Waals surface area contributed by atoms with Gasteiger partial charge in [0.15, 0.2) is 0 Å². The molecule has 0 radical (unpaired) electrons. The summed E-state index contributed by atoms with van der Waals surface area (Å²) in [6.07, 6.45) is -4.34. The Labute approximate surface area is 134 Å². The Kier molecular flexibility index (Phi) is 6.06. The van der Waals surface area contributed by atoms with Crippen molar-refractivity contribution >= 4 is 11.8 Å². The van der Waals surface area contributed by atoms with E-state index in [0.717, 1.165) is 12.1 Å². The van der Waals surface area contributed by atoms with Crippen molar-refractivity contribution in [2.45, 2.75) is 30.8 Å². The summed E-state index contributed by atoms with van der Waals surface area (Å²) in [5, 5.41) is 3.02. The summed E-state index contributed by atoms with van der Waals surface area (Å²) in [6.45, 7) is 0.736. The molecule has 0 saturated carbocycles. The molecule has 0 saturated heterocycles. The first-order valence-corrected chi connectivity index (χ1v) is 7.73. The van der Waals surface area contributed by atoms with Gasteiger partial charge < -0.3 is 9.73 Å². The van der Waals surface area contributed by atoms with Gasteiger partial charge in [0.05, 0.1) is 17.9 Å². The molecule has 8 heteroatoms. The van der Waals surface area contributed by atoms with Crippen molar-refractivity contribution < 1.29 is 26.4 Å². The molecule has 2 rings (SSSR count). The fourth-order valence-corrected chi connectivity index (χ4v) is 2.33. The fraction of sp³-hybridized carbons (Fsp3) is 0.333. The maximum Gasteiger partial charge on any atom is 0.416 e. The summed E-state index contributed by atoms with van der Waals surface area (Å²) in [5.41, 5.74) is 0.0199. The zero-order chi connectivity index (χ0) is 16.9. The van der Waals surface area contributed by atoms with Crippen LogP contribution in [0.1, 0.15) is 22.6 Å². The molecule has 0 spiro atoms. The second kappa shape index (κ2) is 7.83. The van der Waals surface area contributed by atoms with E-state index in [1.165, 1.54) is 12.1 Å². The van der Waals surface area contributed by atoms with Crippen molar-refractivity contribution in [2.24, 2.45) is 0 Å². The average molecular weight is 351 g/mol. The minimum atomic E-state index is -4.34. The highest BCUT2D eigenvalue weighted by molar-refractivity contribution is 7.98. The van der Waals surface area contributed by atoms with Crippen molar-refractivity contribution in [3.05, 3.63) is 59.0 Å². The van der Waals surface area contributed by atoms with E-state index in [0.29, 0.717) is 41.9 Å². The molecule has 0 amide bonds. The average Bonchev–Trinajstić information content (AvgIpc) is 2.93. The van der Waals surface area contributed by atoms with Gasteiger partial charge in [0.2, 0.25) is 0 Å². The molecule has 1 aromatic carbocycles. The minimum Gasteiger partial charge on any atom is -0.464 e. The number of rotatable bonds is 7. The largest absolute Gasteiger partial charge is 0.464 e. The van der Waals surface area contributed by atoms with Gasteiger partial charge in [0, 0.05) is 6.54 Å². The standard InChI is InChI=1S/C15H14F5NOS/c16-14(17)23-9-13-6-5-12(22-13)8-21-7-10-1-3-11(4-2-10)15(18,19)20/h1-6,14,21H,7-9H2. The van der Waals surface area contributed by atoms with Crippen molar-refractivity contribution in [3.8, 4) is 0 Å². The Morgan fingerprint density at radius 1 is 0.957 bits per heavy atom. The van der Waals surface area contributed by atoms with E-state index in [9.17, 15) is 22.0 Å². The monoisotopic (exact) mass is 351 g/mol. The van der Waals surface area contributed by atoms with Gasteiger partial charge in [0.25, 0.3) is 5.76 Å². The lowest BCUT2D eigenvalue weighted by Gasteiger charge is -2.08. The number of alkyl halides is 5. The molecule has 23 heavy (non-hydrogen) atoms. The molecule has 1 aromatic heterocycles. The van der Waals surface area contributed by atoms with Crippen LogP contribution in [0, 0.1) is 0 Å². The molecular weight excluding hydrogens is 337 g/mol. The smallest absolute Gasteiger partial charge is 0.416 e. The molecular formula is C15H14F5NOS. The predicted octanol–water partition coefficient (Wildman–Crippen LogP) is 5.04. The van der Waals surface area contributed by atoms with Crippen LogP contribution in [0.15, 0.2) is 40.8 Å². The van der Waals surface area contributed by atoms with Gasteiger partial charge in [-0.1, -0.05) is 23.9 Å². The highest BCUT2D eigenvalue weighted by Crippen LogP contribution is 2.29. The zero-order valence-electron chi connectivity index (χ0n) is 11.9. The van der Waals surface area contributed by atoms with Gasteiger partial charge in [-0.25, -0.2) is 0 Å². The molecule has 0 bridgehead atoms. The normalized spacial score (nSPS) is 12.1. The number of benzene rings is 1. The molecule has 126 valence electrons. The van der Waals surface area contributed by atoms with Crippen molar-refractivity contribution in [1.82, 2.24) is 5.32 Å². The molecule has 0 aliphatic heterocycles. The molecule has 0 unspecified atom stereocenters. The third kappa shape index (κ3) is 5.87. The topological polar surface area (TPSA) is 25.2 Å². The van der Waals surface area contributed by atoms with Gasteiger partial charge in [-0.2, -0.15) is 22.0 Å². The highest BCUT2D eigenvalue weighted by Gasteiger charge is 2.29. The fourth-order valence-electron chi connectivity index (χ4n) is 1.88. The van der Waals surface area contributed by atoms with E-state index in [1.54, 1.807) is 12.1 Å². The Hall–Kier alpha value is -1.54. The first-order chi connectivity index (χ1) is 10.8. The number of thioether (sulfide) groups is 1. The van der Waals surface area contributed by atoms with Crippen LogP contribution < -0.4 is 5.32 Å². The first kappa shape index (κ1) is 17.8. The summed E-state index contributed by atoms with van der Waals surface area (Å²) in [7, 11) is 0. The molecule has 0 aliphatic carbocycles. The van der Waals surface area contributed by atoms with Gasteiger partial charge in [0.1, 0.15) is 11.5 Å². The predicted molar refractivity (Wildman–Crippen MR) is 78.0 cm³/mol. The van der Waals surface area contributed by atoms with Gasteiger partial charge in [-0.3, -0.25) is 0 Å². The molecule has 0 aliphatic rings. The second-order valence-electron chi connectivity index (χ2n) is 4.74. The number of hydrogen-bond acceptors (Lipinski definition) is 3. The van der Waals surface area contributed by atoms with Gasteiger partial charge >= 0.3 is 6.18 Å². The van der Waals surface area contributed by atoms with E-state index in [-0.39, 0.29) is 5.75 Å². The van der Waals surface area contributed by atoms with Crippen molar-refractivity contribution in [3.63, 3.8) is 0 Å². The number of halogens is 5. The van der Waals surface area contributed by atoms with Crippen LogP contribution in [0.25, 0.3) is 0 Å². The highest BCUT2D eigenvalue weighted by atomic mass is 32.2. The van der Waals surface area contributed by atoms with Crippen molar-refractivity contribution in [2.75, 3.05) is 0 Å². The summed E-state index contributed by atoms with van der Waals surface area (Å²) in [5.74, 6) is -1.30. The van der Waals surface area contributed by atoms with E-state index in [2.05, 4.69) is 5.32 Å². The maximum atomic E-state index is 12.4. The molecule has 2 nitrogen and oxygen atoms in total. The van der Waals surface area contributed by atoms with Crippen molar-refractivity contribution in [1.29, 1.82) is 0 Å². The van der Waals surface area contributed by atoms with E-state index in [1.807, 2.05) is 0 Å². The molecule has 1 heterocycles. The maximum absolute atomic E-state index is 12.4.